The first kappa shape index (κ1) is 20.9. The van der Waals surface area contributed by atoms with Crippen molar-refractivity contribution in [2.45, 2.75) is 10.7 Å². The number of hydrogen-bond donors (Lipinski definition) is 0. The second kappa shape index (κ2) is 7.54. The van der Waals surface area contributed by atoms with Gasteiger partial charge in [-0.1, -0.05) is 41.0 Å². The molecule has 0 aliphatic carbocycles. The number of benzene rings is 1. The lowest BCUT2D eigenvalue weighted by Gasteiger charge is -2.14. The zero-order chi connectivity index (χ0) is 20.7. The number of nitrogens with zero attached hydrogens (tertiary/aromatic N) is 3. The molecule has 3 rings (SSSR count). The van der Waals surface area contributed by atoms with Crippen LogP contribution in [0.15, 0.2) is 35.6 Å². The van der Waals surface area contributed by atoms with Gasteiger partial charge in [0, 0.05) is 22.7 Å². The van der Waals surface area contributed by atoms with Gasteiger partial charge in [-0.2, -0.15) is 26.6 Å². The van der Waals surface area contributed by atoms with Crippen LogP contribution in [0.1, 0.15) is 0 Å². The Morgan fingerprint density at radius 1 is 1.14 bits per heavy atom. The molecule has 0 unspecified atom stereocenters. The SMILES string of the molecule is CSc1ncc2cc(-c3c(Cl)cccc3Cl)c(OS(=O)(=O)C(F)(F)F)nc2n1. The number of halogens is 5. The minimum Gasteiger partial charge on any atom is -0.354 e. The van der Waals surface area contributed by atoms with Crippen LogP contribution in [0.25, 0.3) is 22.2 Å². The predicted octanol–water partition coefficient (Wildman–Crippen LogP) is 4.95. The van der Waals surface area contributed by atoms with Crippen molar-refractivity contribution in [1.82, 2.24) is 15.0 Å². The number of rotatable bonds is 4. The normalized spacial score (nSPS) is 12.4. The molecule has 0 bridgehead atoms. The van der Waals surface area contributed by atoms with Gasteiger partial charge in [-0.25, -0.2) is 9.97 Å². The van der Waals surface area contributed by atoms with Crippen molar-refractivity contribution in [1.29, 1.82) is 0 Å². The summed E-state index contributed by atoms with van der Waals surface area (Å²) < 4.78 is 65.9. The molecular formula is C15H8Cl2F3N3O3S2. The maximum Gasteiger partial charge on any atom is 0.534 e. The Balaban J connectivity index is 2.32. The molecule has 0 aliphatic heterocycles. The van der Waals surface area contributed by atoms with E-state index in [2.05, 4.69) is 19.1 Å². The van der Waals surface area contributed by atoms with E-state index in [-0.39, 0.29) is 32.0 Å². The monoisotopic (exact) mass is 469 g/mol. The summed E-state index contributed by atoms with van der Waals surface area (Å²) in [7, 11) is -5.99. The van der Waals surface area contributed by atoms with E-state index in [9.17, 15) is 21.6 Å². The summed E-state index contributed by atoms with van der Waals surface area (Å²) in [4.78, 5) is 12.0. The van der Waals surface area contributed by atoms with E-state index in [1.807, 2.05) is 0 Å². The molecule has 1 aromatic carbocycles. The summed E-state index contributed by atoms with van der Waals surface area (Å²) in [6, 6.07) is 5.69. The largest absolute Gasteiger partial charge is 0.534 e. The summed E-state index contributed by atoms with van der Waals surface area (Å²) in [6.07, 6.45) is 3.07. The molecule has 0 saturated heterocycles. The number of pyridine rings is 1. The summed E-state index contributed by atoms with van der Waals surface area (Å²) in [6.45, 7) is 0. The van der Waals surface area contributed by atoms with Gasteiger partial charge in [-0.15, -0.1) is 0 Å². The van der Waals surface area contributed by atoms with Crippen molar-refractivity contribution in [3.8, 4) is 17.0 Å². The summed E-state index contributed by atoms with van der Waals surface area (Å²) in [5.74, 6) is -0.856. The minimum absolute atomic E-state index is 0.0568. The molecule has 2 aromatic heterocycles. The summed E-state index contributed by atoms with van der Waals surface area (Å²) in [5.41, 5.74) is -5.81. The molecule has 6 nitrogen and oxygen atoms in total. The van der Waals surface area contributed by atoms with Crippen molar-refractivity contribution in [2.24, 2.45) is 0 Å². The quantitative estimate of drug-likeness (QED) is 0.231. The highest BCUT2D eigenvalue weighted by molar-refractivity contribution is 7.98. The Morgan fingerprint density at radius 3 is 2.36 bits per heavy atom. The lowest BCUT2D eigenvalue weighted by atomic mass is 10.1. The van der Waals surface area contributed by atoms with Crippen LogP contribution in [0, 0.1) is 0 Å². The number of fused-ring (bicyclic) bond motifs is 1. The fourth-order valence-corrected chi connectivity index (χ4v) is 3.55. The molecule has 2 heterocycles. The molecule has 28 heavy (non-hydrogen) atoms. The van der Waals surface area contributed by atoms with Gasteiger partial charge in [0.05, 0.1) is 10.0 Å². The lowest BCUT2D eigenvalue weighted by Crippen LogP contribution is -2.28. The molecule has 0 N–H and O–H groups in total. The Bertz CT molecular complexity index is 1150. The molecule has 0 spiro atoms. The third-order valence-electron chi connectivity index (χ3n) is 3.40. The van der Waals surface area contributed by atoms with E-state index in [0.717, 1.165) is 0 Å². The van der Waals surface area contributed by atoms with Crippen LogP contribution in [-0.4, -0.2) is 35.1 Å². The molecule has 0 atom stereocenters. The zero-order valence-corrected chi connectivity index (χ0v) is 16.8. The van der Waals surface area contributed by atoms with Gasteiger partial charge < -0.3 is 4.18 Å². The van der Waals surface area contributed by atoms with Crippen LogP contribution in [0.4, 0.5) is 13.2 Å². The molecule has 13 heteroatoms. The van der Waals surface area contributed by atoms with Gasteiger partial charge in [0.2, 0.25) is 5.88 Å². The number of hydrogen-bond acceptors (Lipinski definition) is 7. The highest BCUT2D eigenvalue weighted by Gasteiger charge is 2.49. The third kappa shape index (κ3) is 3.97. The van der Waals surface area contributed by atoms with Crippen LogP contribution >= 0.6 is 35.0 Å². The maximum atomic E-state index is 12.8. The third-order valence-corrected chi connectivity index (χ3v) is 5.53. The molecule has 0 fully saturated rings. The van der Waals surface area contributed by atoms with Gasteiger partial charge in [0.1, 0.15) is 0 Å². The first-order chi connectivity index (χ1) is 13.0. The van der Waals surface area contributed by atoms with E-state index >= 15 is 0 Å². The molecule has 3 aromatic rings. The molecule has 0 saturated carbocycles. The van der Waals surface area contributed by atoms with Crippen molar-refractivity contribution < 1.29 is 25.8 Å². The Morgan fingerprint density at radius 2 is 1.79 bits per heavy atom. The van der Waals surface area contributed by atoms with E-state index in [4.69, 9.17) is 23.2 Å². The lowest BCUT2D eigenvalue weighted by molar-refractivity contribution is -0.0501. The van der Waals surface area contributed by atoms with Gasteiger partial charge >= 0.3 is 15.6 Å². The molecule has 0 amide bonds. The van der Waals surface area contributed by atoms with Crippen molar-refractivity contribution >= 4 is 56.1 Å². The molecule has 148 valence electrons. The van der Waals surface area contributed by atoms with Crippen LogP contribution in [0.5, 0.6) is 5.88 Å². The van der Waals surface area contributed by atoms with Crippen LogP contribution in [-0.2, 0) is 10.1 Å². The highest BCUT2D eigenvalue weighted by atomic mass is 35.5. The Kier molecular flexibility index (Phi) is 5.63. The summed E-state index contributed by atoms with van der Waals surface area (Å²) >= 11 is 13.4. The minimum atomic E-state index is -5.99. The van der Waals surface area contributed by atoms with Crippen LogP contribution in [0.2, 0.25) is 10.0 Å². The number of thioether (sulfide) groups is 1. The fraction of sp³-hybridized carbons (Fsp3) is 0.133. The molecule has 0 radical (unpaired) electrons. The van der Waals surface area contributed by atoms with Crippen LogP contribution < -0.4 is 4.18 Å². The van der Waals surface area contributed by atoms with Gasteiger partial charge in [0.25, 0.3) is 0 Å². The second-order valence-electron chi connectivity index (χ2n) is 5.19. The van der Waals surface area contributed by atoms with Gasteiger partial charge in [-0.05, 0) is 24.5 Å². The van der Waals surface area contributed by atoms with Crippen molar-refractivity contribution in [3.63, 3.8) is 0 Å². The fourth-order valence-electron chi connectivity index (χ4n) is 2.18. The first-order valence-corrected chi connectivity index (χ1v) is 10.6. The van der Waals surface area contributed by atoms with Crippen molar-refractivity contribution in [2.75, 3.05) is 6.26 Å². The van der Waals surface area contributed by atoms with Crippen LogP contribution in [0.3, 0.4) is 0 Å². The first-order valence-electron chi connectivity index (χ1n) is 7.20. The smallest absolute Gasteiger partial charge is 0.354 e. The highest BCUT2D eigenvalue weighted by Crippen LogP contribution is 2.41. The molecular weight excluding hydrogens is 462 g/mol. The predicted molar refractivity (Wildman–Crippen MR) is 100 cm³/mol. The zero-order valence-electron chi connectivity index (χ0n) is 13.7. The average molecular weight is 470 g/mol. The Labute approximate surface area is 171 Å². The van der Waals surface area contributed by atoms with Crippen molar-refractivity contribution in [3.05, 3.63) is 40.5 Å². The number of alkyl halides is 3. The van der Waals surface area contributed by atoms with E-state index in [0.29, 0.717) is 5.39 Å². The van der Waals surface area contributed by atoms with Gasteiger partial charge in [0.15, 0.2) is 10.8 Å². The van der Waals surface area contributed by atoms with E-state index in [1.54, 1.807) is 6.26 Å². The standard InChI is InChI=1S/C15H8Cl2F3N3O3S2/c1-27-14-21-6-7-5-8(11-9(16)3-2-4-10(11)17)13(22-12(7)23-14)26-28(24,25)15(18,19)20/h2-6H,1H3. The topological polar surface area (TPSA) is 82.0 Å². The van der Waals surface area contributed by atoms with E-state index < -0.39 is 21.5 Å². The molecule has 0 aliphatic rings. The second-order valence-corrected chi connectivity index (χ2v) is 8.32. The maximum absolute atomic E-state index is 12.8. The summed E-state index contributed by atoms with van der Waals surface area (Å²) in [5, 5.41) is 0.725. The van der Waals surface area contributed by atoms with Gasteiger partial charge in [-0.3, -0.25) is 0 Å². The van der Waals surface area contributed by atoms with E-state index in [1.165, 1.54) is 42.2 Å². The Hall–Kier alpha value is -1.82. The average Bonchev–Trinajstić information content (AvgIpc) is 2.60. The number of aromatic nitrogens is 3.